The van der Waals surface area contributed by atoms with E-state index in [1.807, 2.05) is 35.6 Å². The van der Waals surface area contributed by atoms with E-state index in [9.17, 15) is 4.79 Å². The van der Waals surface area contributed by atoms with E-state index in [4.69, 9.17) is 4.74 Å². The molecule has 15 heavy (non-hydrogen) atoms. The summed E-state index contributed by atoms with van der Waals surface area (Å²) in [6.45, 7) is 5.35. The van der Waals surface area contributed by atoms with Crippen molar-refractivity contribution in [2.45, 2.75) is 26.0 Å². The molecule has 0 unspecified atom stereocenters. The van der Waals surface area contributed by atoms with Crippen LogP contribution in [0.2, 0.25) is 0 Å². The minimum absolute atomic E-state index is 0.124. The van der Waals surface area contributed by atoms with Gasteiger partial charge in [-0.3, -0.25) is 4.79 Å². The van der Waals surface area contributed by atoms with Crippen molar-refractivity contribution in [3.05, 3.63) is 22.4 Å². The van der Waals surface area contributed by atoms with Gasteiger partial charge in [-0.05, 0) is 25.3 Å². The summed E-state index contributed by atoms with van der Waals surface area (Å²) in [6, 6.07) is 2.05. The quantitative estimate of drug-likeness (QED) is 0.731. The van der Waals surface area contributed by atoms with E-state index in [0.29, 0.717) is 13.2 Å². The molecular weight excluding hydrogens is 210 g/mol. The Labute approximate surface area is 93.7 Å². The van der Waals surface area contributed by atoms with E-state index in [2.05, 4.69) is 0 Å². The number of hydrogen-bond acceptors (Lipinski definition) is 3. The zero-order chi connectivity index (χ0) is 10.8. The van der Waals surface area contributed by atoms with Crippen LogP contribution in [0.5, 0.6) is 0 Å². The average molecular weight is 225 g/mol. The van der Waals surface area contributed by atoms with E-state index >= 15 is 0 Å². The van der Waals surface area contributed by atoms with Gasteiger partial charge in [-0.1, -0.05) is 0 Å². The van der Waals surface area contributed by atoms with Crippen LogP contribution in [0.15, 0.2) is 16.8 Å². The van der Waals surface area contributed by atoms with Crippen LogP contribution in [0, 0.1) is 0 Å². The minimum Gasteiger partial charge on any atom is -0.375 e. The van der Waals surface area contributed by atoms with Crippen LogP contribution in [-0.2, 0) is 4.74 Å². The lowest BCUT2D eigenvalue weighted by atomic mass is 10.1. The molecule has 1 saturated heterocycles. The fourth-order valence-corrected chi connectivity index (χ4v) is 2.37. The van der Waals surface area contributed by atoms with Crippen LogP contribution in [-0.4, -0.2) is 36.1 Å². The summed E-state index contributed by atoms with van der Waals surface area (Å²) in [6.07, 6.45) is 0.142. The number of hydrogen-bond donors (Lipinski definition) is 0. The third-order valence-corrected chi connectivity index (χ3v) is 3.32. The monoisotopic (exact) mass is 225 g/mol. The summed E-state index contributed by atoms with van der Waals surface area (Å²) in [7, 11) is 0. The molecule has 2 atom stereocenters. The minimum atomic E-state index is 0.124. The van der Waals surface area contributed by atoms with Gasteiger partial charge >= 0.3 is 0 Å². The Balaban J connectivity index is 2.12. The van der Waals surface area contributed by atoms with Crippen LogP contribution in [0.3, 0.4) is 0 Å². The molecule has 1 aliphatic rings. The second kappa shape index (κ2) is 4.33. The highest BCUT2D eigenvalue weighted by Crippen LogP contribution is 2.16. The summed E-state index contributed by atoms with van der Waals surface area (Å²) in [4.78, 5) is 14.0. The highest BCUT2D eigenvalue weighted by Gasteiger charge is 2.28. The van der Waals surface area contributed by atoms with E-state index < -0.39 is 0 Å². The van der Waals surface area contributed by atoms with Gasteiger partial charge in [0.15, 0.2) is 0 Å². The van der Waals surface area contributed by atoms with Gasteiger partial charge in [0.1, 0.15) is 0 Å². The number of carbonyl (C=O) groups is 1. The molecular formula is C11H15NO2S. The summed E-state index contributed by atoms with van der Waals surface area (Å²) in [5, 5.41) is 3.83. The van der Waals surface area contributed by atoms with Crippen molar-refractivity contribution in [2.24, 2.45) is 0 Å². The fourth-order valence-electron chi connectivity index (χ4n) is 1.74. The van der Waals surface area contributed by atoms with Crippen molar-refractivity contribution >= 4 is 17.2 Å². The standard InChI is InChI=1S/C11H15NO2S/c1-8-6-14-9(2)5-12(8)11(13)10-3-4-15-7-10/h3-4,7-9H,5-6H2,1-2H3/t8-,9+/m1/s1. The molecule has 4 heteroatoms. The van der Waals surface area contributed by atoms with Gasteiger partial charge in [0.2, 0.25) is 0 Å². The smallest absolute Gasteiger partial charge is 0.255 e. The molecule has 1 fully saturated rings. The molecule has 0 radical (unpaired) electrons. The first-order chi connectivity index (χ1) is 7.18. The lowest BCUT2D eigenvalue weighted by Crippen LogP contribution is -2.50. The fraction of sp³-hybridized carbons (Fsp3) is 0.545. The molecule has 1 aromatic rings. The Bertz CT molecular complexity index is 336. The van der Waals surface area contributed by atoms with Gasteiger partial charge in [-0.15, -0.1) is 0 Å². The predicted molar refractivity (Wildman–Crippen MR) is 60.2 cm³/mol. The molecule has 0 spiro atoms. The van der Waals surface area contributed by atoms with Crippen LogP contribution >= 0.6 is 11.3 Å². The van der Waals surface area contributed by atoms with Crippen LogP contribution in [0.4, 0.5) is 0 Å². The van der Waals surface area contributed by atoms with Crippen LogP contribution in [0.1, 0.15) is 24.2 Å². The molecule has 1 aromatic heterocycles. The number of nitrogens with zero attached hydrogens (tertiary/aromatic N) is 1. The van der Waals surface area contributed by atoms with Crippen molar-refractivity contribution in [1.29, 1.82) is 0 Å². The van der Waals surface area contributed by atoms with Gasteiger partial charge < -0.3 is 9.64 Å². The number of morpholine rings is 1. The van der Waals surface area contributed by atoms with E-state index in [-0.39, 0.29) is 18.1 Å². The van der Waals surface area contributed by atoms with Crippen molar-refractivity contribution in [3.8, 4) is 0 Å². The second-order valence-corrected chi connectivity index (χ2v) is 4.74. The van der Waals surface area contributed by atoms with Crippen molar-refractivity contribution in [3.63, 3.8) is 0 Å². The first-order valence-corrected chi connectivity index (χ1v) is 6.07. The second-order valence-electron chi connectivity index (χ2n) is 3.96. The summed E-state index contributed by atoms with van der Waals surface area (Å²) in [5.74, 6) is 0.124. The number of rotatable bonds is 1. The molecule has 1 amide bonds. The molecule has 0 bridgehead atoms. The zero-order valence-corrected chi connectivity index (χ0v) is 9.79. The summed E-state index contributed by atoms with van der Waals surface area (Å²) >= 11 is 1.56. The van der Waals surface area contributed by atoms with Gasteiger partial charge in [-0.2, -0.15) is 11.3 Å². The van der Waals surface area contributed by atoms with E-state index in [1.165, 1.54) is 0 Å². The van der Waals surface area contributed by atoms with Gasteiger partial charge in [0, 0.05) is 11.9 Å². The first kappa shape index (κ1) is 10.6. The summed E-state index contributed by atoms with van der Waals surface area (Å²) in [5.41, 5.74) is 0.793. The van der Waals surface area contributed by atoms with Crippen molar-refractivity contribution < 1.29 is 9.53 Å². The SMILES string of the molecule is C[C@@H]1CO[C@@H](C)CN1C(=O)c1ccsc1. The normalized spacial score (nSPS) is 26.7. The highest BCUT2D eigenvalue weighted by molar-refractivity contribution is 7.08. The molecule has 1 aliphatic heterocycles. The maximum absolute atomic E-state index is 12.1. The third-order valence-electron chi connectivity index (χ3n) is 2.64. The lowest BCUT2D eigenvalue weighted by molar-refractivity contribution is -0.0386. The van der Waals surface area contributed by atoms with E-state index in [0.717, 1.165) is 5.56 Å². The third kappa shape index (κ3) is 2.21. The van der Waals surface area contributed by atoms with Gasteiger partial charge in [0.05, 0.1) is 24.3 Å². The van der Waals surface area contributed by atoms with Gasteiger partial charge in [-0.25, -0.2) is 0 Å². The Morgan fingerprint density at radius 1 is 1.60 bits per heavy atom. The van der Waals surface area contributed by atoms with Crippen LogP contribution in [0.25, 0.3) is 0 Å². The zero-order valence-electron chi connectivity index (χ0n) is 8.97. The maximum atomic E-state index is 12.1. The number of carbonyl (C=O) groups excluding carboxylic acids is 1. The molecule has 82 valence electrons. The van der Waals surface area contributed by atoms with Crippen molar-refractivity contribution in [1.82, 2.24) is 4.90 Å². The average Bonchev–Trinajstić information content (AvgIpc) is 2.74. The Morgan fingerprint density at radius 3 is 3.07 bits per heavy atom. The summed E-state index contributed by atoms with van der Waals surface area (Å²) < 4.78 is 5.50. The number of ether oxygens (including phenoxy) is 1. The topological polar surface area (TPSA) is 29.5 Å². The molecule has 0 aromatic carbocycles. The molecule has 0 N–H and O–H groups in total. The molecule has 2 heterocycles. The Hall–Kier alpha value is -0.870. The van der Waals surface area contributed by atoms with Gasteiger partial charge in [0.25, 0.3) is 5.91 Å². The molecule has 3 nitrogen and oxygen atoms in total. The number of thiophene rings is 1. The van der Waals surface area contributed by atoms with Crippen LogP contribution < -0.4 is 0 Å². The largest absolute Gasteiger partial charge is 0.375 e. The predicted octanol–water partition coefficient (Wildman–Crippen LogP) is 2.00. The maximum Gasteiger partial charge on any atom is 0.255 e. The molecule has 0 saturated carbocycles. The lowest BCUT2D eigenvalue weighted by Gasteiger charge is -2.36. The molecule has 2 rings (SSSR count). The van der Waals surface area contributed by atoms with Crippen molar-refractivity contribution in [2.75, 3.05) is 13.2 Å². The first-order valence-electron chi connectivity index (χ1n) is 5.13. The molecule has 0 aliphatic carbocycles. The Kier molecular flexibility index (Phi) is 3.07. The highest BCUT2D eigenvalue weighted by atomic mass is 32.1. The Morgan fingerprint density at radius 2 is 2.40 bits per heavy atom. The van der Waals surface area contributed by atoms with E-state index in [1.54, 1.807) is 11.3 Å². The number of amides is 1.